The van der Waals surface area contributed by atoms with Gasteiger partial charge in [0.05, 0.1) is 25.9 Å². The van der Waals surface area contributed by atoms with E-state index in [4.69, 9.17) is 18.9 Å². The van der Waals surface area contributed by atoms with Crippen molar-refractivity contribution in [3.63, 3.8) is 0 Å². The second-order valence-electron chi connectivity index (χ2n) is 7.06. The van der Waals surface area contributed by atoms with Crippen LogP contribution in [0.1, 0.15) is 39.0 Å². The third-order valence-corrected chi connectivity index (χ3v) is 4.59. The van der Waals surface area contributed by atoms with Crippen LogP contribution in [0.15, 0.2) is 23.2 Å². The molecule has 1 aromatic rings. The zero-order valence-corrected chi connectivity index (χ0v) is 16.9. The van der Waals surface area contributed by atoms with Crippen molar-refractivity contribution in [3.8, 4) is 11.5 Å². The minimum Gasteiger partial charge on any atom is -0.490 e. The Hall–Kier alpha value is -1.99. The van der Waals surface area contributed by atoms with Gasteiger partial charge in [0, 0.05) is 44.5 Å². The molecule has 2 heterocycles. The van der Waals surface area contributed by atoms with E-state index >= 15 is 0 Å². The number of hydrogen-bond donors (Lipinski definition) is 2. The van der Waals surface area contributed by atoms with E-state index in [1.54, 1.807) is 0 Å². The molecule has 3 rings (SSSR count). The summed E-state index contributed by atoms with van der Waals surface area (Å²) < 4.78 is 22.7. The number of guanidine groups is 1. The van der Waals surface area contributed by atoms with Gasteiger partial charge in [-0.1, -0.05) is 6.92 Å². The van der Waals surface area contributed by atoms with Gasteiger partial charge in [-0.3, -0.25) is 4.99 Å². The number of fused-ring (bicyclic) bond motifs is 1. The summed E-state index contributed by atoms with van der Waals surface area (Å²) in [5.74, 6) is 2.35. The third-order valence-electron chi connectivity index (χ3n) is 4.59. The highest BCUT2D eigenvalue weighted by Crippen LogP contribution is 2.32. The normalized spacial score (nSPS) is 19.3. The van der Waals surface area contributed by atoms with Crippen LogP contribution in [0.25, 0.3) is 0 Å². The average molecular weight is 392 g/mol. The zero-order chi connectivity index (χ0) is 19.4. The van der Waals surface area contributed by atoms with Crippen LogP contribution in [-0.4, -0.2) is 58.2 Å². The molecule has 0 amide bonds. The number of aliphatic imine (C=N–C) groups is 1. The zero-order valence-electron chi connectivity index (χ0n) is 16.9. The van der Waals surface area contributed by atoms with Crippen molar-refractivity contribution in [1.29, 1.82) is 0 Å². The first-order valence-corrected chi connectivity index (χ1v) is 10.5. The Morgan fingerprint density at radius 2 is 2.07 bits per heavy atom. The van der Waals surface area contributed by atoms with Gasteiger partial charge in [-0.2, -0.15) is 0 Å². The van der Waals surface area contributed by atoms with Crippen LogP contribution >= 0.6 is 0 Å². The molecule has 2 N–H and O–H groups in total. The smallest absolute Gasteiger partial charge is 0.195 e. The number of ether oxygens (including phenoxy) is 4. The second kappa shape index (κ2) is 11.8. The topological polar surface area (TPSA) is 73.3 Å². The summed E-state index contributed by atoms with van der Waals surface area (Å²) in [6.45, 7) is 7.36. The van der Waals surface area contributed by atoms with E-state index < -0.39 is 0 Å². The molecule has 1 fully saturated rings. The van der Waals surface area contributed by atoms with E-state index in [0.717, 1.165) is 81.6 Å². The van der Waals surface area contributed by atoms with E-state index in [1.165, 1.54) is 0 Å². The van der Waals surface area contributed by atoms with Gasteiger partial charge in [-0.15, -0.1) is 0 Å². The Balaban J connectivity index is 1.43. The fourth-order valence-corrected chi connectivity index (χ4v) is 3.11. The summed E-state index contributed by atoms with van der Waals surface area (Å²) in [4.78, 5) is 4.61. The fourth-order valence-electron chi connectivity index (χ4n) is 3.11. The predicted octanol–water partition coefficient (Wildman–Crippen LogP) is 3.20. The molecule has 0 aliphatic carbocycles. The van der Waals surface area contributed by atoms with Crippen molar-refractivity contribution in [2.45, 2.75) is 45.1 Å². The minimum absolute atomic E-state index is 0.288. The van der Waals surface area contributed by atoms with Gasteiger partial charge in [0.25, 0.3) is 0 Å². The molecule has 1 atom stereocenters. The lowest BCUT2D eigenvalue weighted by molar-refractivity contribution is 0.0168. The number of nitrogens with one attached hydrogen (secondary N) is 2. The largest absolute Gasteiger partial charge is 0.490 e. The van der Waals surface area contributed by atoms with Crippen LogP contribution in [0.4, 0.5) is 5.69 Å². The first kappa shape index (κ1) is 20.7. The molecule has 0 spiro atoms. The first-order valence-electron chi connectivity index (χ1n) is 10.5. The van der Waals surface area contributed by atoms with Crippen LogP contribution in [0, 0.1) is 0 Å². The highest BCUT2D eigenvalue weighted by molar-refractivity contribution is 5.93. The Morgan fingerprint density at radius 3 is 2.89 bits per heavy atom. The van der Waals surface area contributed by atoms with E-state index in [9.17, 15) is 0 Å². The molecule has 7 nitrogen and oxygen atoms in total. The summed E-state index contributed by atoms with van der Waals surface area (Å²) >= 11 is 0. The predicted molar refractivity (Wildman–Crippen MR) is 111 cm³/mol. The summed E-state index contributed by atoms with van der Waals surface area (Å²) in [6, 6.07) is 5.90. The monoisotopic (exact) mass is 391 g/mol. The van der Waals surface area contributed by atoms with Crippen LogP contribution in [0.3, 0.4) is 0 Å². The average Bonchev–Trinajstić information content (AvgIpc) is 3.12. The molecule has 28 heavy (non-hydrogen) atoms. The number of hydrogen-bond acceptors (Lipinski definition) is 5. The van der Waals surface area contributed by atoms with Gasteiger partial charge in [0.2, 0.25) is 0 Å². The maximum absolute atomic E-state index is 5.77. The molecule has 156 valence electrons. The molecule has 1 saturated heterocycles. The molecular weight excluding hydrogens is 358 g/mol. The van der Waals surface area contributed by atoms with E-state index in [-0.39, 0.29) is 6.10 Å². The standard InChI is InChI=1S/C21H33N3O4/c1-2-9-22-21(23-10-4-11-25-16-18-6-3-12-26-18)24-17-7-8-19-20(15-17)28-14-5-13-27-19/h7-8,15,18H,2-6,9-14,16H2,1H3,(H2,22,23,24). The molecule has 2 aliphatic heterocycles. The van der Waals surface area contributed by atoms with Crippen molar-refractivity contribution in [2.24, 2.45) is 4.99 Å². The van der Waals surface area contributed by atoms with Crippen molar-refractivity contribution < 1.29 is 18.9 Å². The SMILES string of the molecule is CCCN=C(NCCCOCC1CCCO1)Nc1ccc2c(c1)OCCCO2. The number of rotatable bonds is 9. The molecule has 7 heteroatoms. The summed E-state index contributed by atoms with van der Waals surface area (Å²) in [5, 5.41) is 6.74. The summed E-state index contributed by atoms with van der Waals surface area (Å²) in [5.41, 5.74) is 0.932. The van der Waals surface area contributed by atoms with E-state index in [0.29, 0.717) is 19.8 Å². The minimum atomic E-state index is 0.288. The molecule has 1 unspecified atom stereocenters. The quantitative estimate of drug-likeness (QED) is 0.383. The van der Waals surface area contributed by atoms with Gasteiger partial charge in [-0.05, 0) is 37.8 Å². The van der Waals surface area contributed by atoms with Crippen LogP contribution in [-0.2, 0) is 9.47 Å². The number of anilines is 1. The Bertz CT molecular complexity index is 618. The van der Waals surface area contributed by atoms with Crippen LogP contribution < -0.4 is 20.1 Å². The van der Waals surface area contributed by atoms with E-state index in [1.807, 2.05) is 18.2 Å². The van der Waals surface area contributed by atoms with E-state index in [2.05, 4.69) is 22.5 Å². The lowest BCUT2D eigenvalue weighted by Gasteiger charge is -2.15. The molecule has 0 radical (unpaired) electrons. The van der Waals surface area contributed by atoms with Crippen LogP contribution in [0.5, 0.6) is 11.5 Å². The summed E-state index contributed by atoms with van der Waals surface area (Å²) in [6.07, 6.45) is 5.37. The van der Waals surface area contributed by atoms with Gasteiger partial charge in [0.1, 0.15) is 0 Å². The Kier molecular flexibility index (Phi) is 8.71. The summed E-state index contributed by atoms with van der Waals surface area (Å²) in [7, 11) is 0. The highest BCUT2D eigenvalue weighted by Gasteiger charge is 2.15. The van der Waals surface area contributed by atoms with Gasteiger partial charge < -0.3 is 29.6 Å². The maximum atomic E-state index is 5.77. The highest BCUT2D eigenvalue weighted by atomic mass is 16.5. The van der Waals surface area contributed by atoms with Crippen LogP contribution in [0.2, 0.25) is 0 Å². The maximum Gasteiger partial charge on any atom is 0.195 e. The van der Waals surface area contributed by atoms with Crippen molar-refractivity contribution >= 4 is 11.6 Å². The molecule has 2 aliphatic rings. The van der Waals surface area contributed by atoms with Crippen molar-refractivity contribution in [1.82, 2.24) is 5.32 Å². The van der Waals surface area contributed by atoms with Crippen molar-refractivity contribution in [3.05, 3.63) is 18.2 Å². The molecular formula is C21H33N3O4. The third kappa shape index (κ3) is 6.87. The molecule has 1 aromatic carbocycles. The van der Waals surface area contributed by atoms with Gasteiger partial charge in [0.15, 0.2) is 17.5 Å². The lowest BCUT2D eigenvalue weighted by Crippen LogP contribution is -2.32. The number of nitrogens with zero attached hydrogens (tertiary/aromatic N) is 1. The Morgan fingerprint density at radius 1 is 1.18 bits per heavy atom. The van der Waals surface area contributed by atoms with Gasteiger partial charge >= 0.3 is 0 Å². The molecule has 0 saturated carbocycles. The Labute approximate surface area is 167 Å². The number of benzene rings is 1. The van der Waals surface area contributed by atoms with Crippen molar-refractivity contribution in [2.75, 3.05) is 51.4 Å². The second-order valence-corrected chi connectivity index (χ2v) is 7.06. The first-order chi connectivity index (χ1) is 13.8. The molecule has 0 bridgehead atoms. The van der Waals surface area contributed by atoms with Gasteiger partial charge in [-0.25, -0.2) is 0 Å². The fraction of sp³-hybridized carbons (Fsp3) is 0.667. The lowest BCUT2D eigenvalue weighted by atomic mass is 10.2. The molecule has 0 aromatic heterocycles.